The second-order valence-electron chi connectivity index (χ2n) is 4.82. The van der Waals surface area contributed by atoms with Gasteiger partial charge in [-0.2, -0.15) is 0 Å². The maximum Gasteiger partial charge on any atom is 0.326 e. The summed E-state index contributed by atoms with van der Waals surface area (Å²) in [6, 6.07) is -1.36. The van der Waals surface area contributed by atoms with E-state index in [9.17, 15) is 9.59 Å². The van der Waals surface area contributed by atoms with Crippen LogP contribution in [-0.2, 0) is 14.3 Å². The van der Waals surface area contributed by atoms with E-state index in [1.54, 1.807) is 7.11 Å². The largest absolute Gasteiger partial charge is 0.480 e. The van der Waals surface area contributed by atoms with Gasteiger partial charge in [0.1, 0.15) is 6.04 Å². The summed E-state index contributed by atoms with van der Waals surface area (Å²) in [5, 5.41) is 9.14. The second kappa shape index (κ2) is 6.70. The lowest BCUT2D eigenvalue weighted by Crippen LogP contribution is -2.49. The summed E-state index contributed by atoms with van der Waals surface area (Å²) in [4.78, 5) is 24.7. The van der Waals surface area contributed by atoms with Crippen molar-refractivity contribution in [1.82, 2.24) is 4.90 Å². The highest BCUT2D eigenvalue weighted by Crippen LogP contribution is 2.25. The first kappa shape index (κ1) is 14.9. The molecule has 1 rings (SSSR count). The molecule has 0 spiro atoms. The SMILES string of the molecule is COCCCC(N)C(=O)N1CCC(C)C1C(=O)O. The molecule has 1 aliphatic heterocycles. The van der Waals surface area contributed by atoms with E-state index < -0.39 is 18.1 Å². The Morgan fingerprint density at radius 1 is 1.56 bits per heavy atom. The molecular formula is C12H22N2O4. The van der Waals surface area contributed by atoms with E-state index >= 15 is 0 Å². The number of methoxy groups -OCH3 is 1. The molecule has 104 valence electrons. The molecule has 0 bridgehead atoms. The quantitative estimate of drug-likeness (QED) is 0.657. The number of nitrogens with zero attached hydrogens (tertiary/aromatic N) is 1. The van der Waals surface area contributed by atoms with Crippen molar-refractivity contribution in [1.29, 1.82) is 0 Å². The fraction of sp³-hybridized carbons (Fsp3) is 0.833. The van der Waals surface area contributed by atoms with E-state index in [0.29, 0.717) is 32.4 Å². The van der Waals surface area contributed by atoms with Crippen molar-refractivity contribution in [3.8, 4) is 0 Å². The van der Waals surface area contributed by atoms with Gasteiger partial charge in [-0.3, -0.25) is 4.79 Å². The molecule has 3 N–H and O–H groups in total. The maximum atomic E-state index is 12.1. The lowest BCUT2D eigenvalue weighted by Gasteiger charge is -2.26. The topological polar surface area (TPSA) is 92.9 Å². The van der Waals surface area contributed by atoms with Gasteiger partial charge in [-0.25, -0.2) is 4.79 Å². The van der Waals surface area contributed by atoms with Gasteiger partial charge in [0.05, 0.1) is 6.04 Å². The van der Waals surface area contributed by atoms with Crippen LogP contribution in [0.3, 0.4) is 0 Å². The predicted molar refractivity (Wildman–Crippen MR) is 66.0 cm³/mol. The van der Waals surface area contributed by atoms with Crippen molar-refractivity contribution < 1.29 is 19.4 Å². The van der Waals surface area contributed by atoms with E-state index in [-0.39, 0.29) is 11.8 Å². The fourth-order valence-corrected chi connectivity index (χ4v) is 2.35. The number of likely N-dealkylation sites (tertiary alicyclic amines) is 1. The van der Waals surface area contributed by atoms with Gasteiger partial charge in [0.25, 0.3) is 0 Å². The van der Waals surface area contributed by atoms with Gasteiger partial charge in [0.15, 0.2) is 0 Å². The van der Waals surface area contributed by atoms with Crippen LogP contribution in [0, 0.1) is 5.92 Å². The standard InChI is InChI=1S/C12H22N2O4/c1-8-5-6-14(10(8)12(16)17)11(15)9(13)4-3-7-18-2/h8-10H,3-7,13H2,1-2H3,(H,16,17). The number of aliphatic carboxylic acids is 1. The summed E-state index contributed by atoms with van der Waals surface area (Å²) >= 11 is 0. The number of carboxylic acids is 1. The molecule has 6 nitrogen and oxygen atoms in total. The first-order chi connectivity index (χ1) is 8.49. The molecule has 0 aromatic heterocycles. The van der Waals surface area contributed by atoms with Gasteiger partial charge < -0.3 is 20.5 Å². The molecule has 0 saturated carbocycles. The van der Waals surface area contributed by atoms with Crippen molar-refractivity contribution >= 4 is 11.9 Å². The van der Waals surface area contributed by atoms with Gasteiger partial charge in [-0.05, 0) is 25.2 Å². The number of rotatable bonds is 6. The molecule has 0 aliphatic carbocycles. The first-order valence-corrected chi connectivity index (χ1v) is 6.26. The van der Waals surface area contributed by atoms with Crippen LogP contribution in [0.2, 0.25) is 0 Å². The molecule has 0 radical (unpaired) electrons. The zero-order valence-corrected chi connectivity index (χ0v) is 11.0. The third-order valence-electron chi connectivity index (χ3n) is 3.42. The number of carbonyl (C=O) groups is 2. The van der Waals surface area contributed by atoms with Crippen LogP contribution in [0.15, 0.2) is 0 Å². The molecule has 0 aromatic rings. The molecule has 3 unspecified atom stereocenters. The third-order valence-corrected chi connectivity index (χ3v) is 3.42. The second-order valence-corrected chi connectivity index (χ2v) is 4.82. The van der Waals surface area contributed by atoms with Crippen molar-refractivity contribution in [2.24, 2.45) is 11.7 Å². The number of ether oxygens (including phenoxy) is 1. The average Bonchev–Trinajstić information content (AvgIpc) is 2.70. The average molecular weight is 258 g/mol. The van der Waals surface area contributed by atoms with Gasteiger partial charge in [0.2, 0.25) is 5.91 Å². The molecule has 1 fully saturated rings. The Hall–Kier alpha value is -1.14. The first-order valence-electron chi connectivity index (χ1n) is 6.26. The minimum Gasteiger partial charge on any atom is -0.480 e. The molecular weight excluding hydrogens is 236 g/mol. The predicted octanol–water partition coefficient (Wildman–Crippen LogP) is 0.0619. The molecule has 6 heteroatoms. The number of amides is 1. The summed E-state index contributed by atoms with van der Waals surface area (Å²) in [5.41, 5.74) is 5.81. The fourth-order valence-electron chi connectivity index (χ4n) is 2.35. The Labute approximate surface area is 107 Å². The summed E-state index contributed by atoms with van der Waals surface area (Å²) in [5.74, 6) is -1.22. The zero-order valence-electron chi connectivity index (χ0n) is 11.0. The molecule has 18 heavy (non-hydrogen) atoms. The highest BCUT2D eigenvalue weighted by molar-refractivity contribution is 5.87. The molecule has 1 amide bonds. The minimum atomic E-state index is -0.947. The molecule has 0 aromatic carbocycles. The number of nitrogens with two attached hydrogens (primary N) is 1. The van der Waals surface area contributed by atoms with E-state index in [0.717, 1.165) is 0 Å². The van der Waals surface area contributed by atoms with Crippen molar-refractivity contribution in [2.45, 2.75) is 38.3 Å². The van der Waals surface area contributed by atoms with Gasteiger partial charge in [-0.15, -0.1) is 0 Å². The van der Waals surface area contributed by atoms with E-state index in [1.165, 1.54) is 4.90 Å². The lowest BCUT2D eigenvalue weighted by atomic mass is 10.0. The molecule has 1 saturated heterocycles. The third kappa shape index (κ3) is 3.43. The smallest absolute Gasteiger partial charge is 0.326 e. The van der Waals surface area contributed by atoms with Crippen LogP contribution in [-0.4, -0.2) is 54.2 Å². The summed E-state index contributed by atoms with van der Waals surface area (Å²) in [6.07, 6.45) is 1.93. The van der Waals surface area contributed by atoms with E-state index in [4.69, 9.17) is 15.6 Å². The van der Waals surface area contributed by atoms with E-state index in [1.807, 2.05) is 6.92 Å². The Morgan fingerprint density at radius 2 is 2.22 bits per heavy atom. The maximum absolute atomic E-state index is 12.1. The number of carbonyl (C=O) groups excluding carboxylic acids is 1. The van der Waals surface area contributed by atoms with Crippen LogP contribution < -0.4 is 5.73 Å². The van der Waals surface area contributed by atoms with Crippen LogP contribution >= 0.6 is 0 Å². The van der Waals surface area contributed by atoms with Crippen LogP contribution in [0.4, 0.5) is 0 Å². The van der Waals surface area contributed by atoms with Gasteiger partial charge in [0, 0.05) is 20.3 Å². The number of carboxylic acid groups (broad SMARTS) is 1. The lowest BCUT2D eigenvalue weighted by molar-refractivity contribution is -0.150. The Morgan fingerprint density at radius 3 is 2.78 bits per heavy atom. The van der Waals surface area contributed by atoms with Crippen LogP contribution in [0.25, 0.3) is 0 Å². The molecule has 3 atom stereocenters. The molecule has 1 heterocycles. The summed E-state index contributed by atoms with van der Waals surface area (Å²) < 4.78 is 4.90. The van der Waals surface area contributed by atoms with Crippen molar-refractivity contribution in [3.63, 3.8) is 0 Å². The minimum absolute atomic E-state index is 0.0161. The Balaban J connectivity index is 2.57. The van der Waals surface area contributed by atoms with Crippen molar-refractivity contribution in [3.05, 3.63) is 0 Å². The van der Waals surface area contributed by atoms with Gasteiger partial charge in [-0.1, -0.05) is 6.92 Å². The number of hydrogen-bond donors (Lipinski definition) is 2. The highest BCUT2D eigenvalue weighted by atomic mass is 16.5. The Kier molecular flexibility index (Phi) is 5.55. The molecule has 1 aliphatic rings. The van der Waals surface area contributed by atoms with Gasteiger partial charge >= 0.3 is 5.97 Å². The zero-order chi connectivity index (χ0) is 13.7. The summed E-state index contributed by atoms with van der Waals surface area (Å²) in [6.45, 7) is 2.89. The Bertz CT molecular complexity index is 308. The van der Waals surface area contributed by atoms with Crippen LogP contribution in [0.1, 0.15) is 26.2 Å². The van der Waals surface area contributed by atoms with Crippen LogP contribution in [0.5, 0.6) is 0 Å². The monoisotopic (exact) mass is 258 g/mol. The van der Waals surface area contributed by atoms with E-state index in [2.05, 4.69) is 0 Å². The normalized spacial score (nSPS) is 25.2. The van der Waals surface area contributed by atoms with Crippen molar-refractivity contribution in [2.75, 3.05) is 20.3 Å². The highest BCUT2D eigenvalue weighted by Gasteiger charge is 2.40. The number of hydrogen-bond acceptors (Lipinski definition) is 4. The summed E-state index contributed by atoms with van der Waals surface area (Å²) in [7, 11) is 1.59.